The predicted octanol–water partition coefficient (Wildman–Crippen LogP) is 4.06. The highest BCUT2D eigenvalue weighted by molar-refractivity contribution is 6.76. The number of hydrogen-bond acceptors (Lipinski definition) is 1. The van der Waals surface area contributed by atoms with Crippen molar-refractivity contribution in [3.8, 4) is 5.75 Å². The van der Waals surface area contributed by atoms with E-state index in [9.17, 15) is 0 Å². The van der Waals surface area contributed by atoms with E-state index in [-0.39, 0.29) is 0 Å². The Kier molecular flexibility index (Phi) is 4.02. The zero-order valence-electron chi connectivity index (χ0n) is 9.01. The number of ether oxygens (including phenoxy) is 1. The summed E-state index contributed by atoms with van der Waals surface area (Å²) in [5, 5.41) is 0.752. The van der Waals surface area contributed by atoms with Crippen LogP contribution in [0.2, 0.25) is 30.7 Å². The van der Waals surface area contributed by atoms with Crippen LogP contribution in [0, 0.1) is 0 Å². The fourth-order valence-electron chi connectivity index (χ4n) is 1.01. The lowest BCUT2D eigenvalue weighted by Gasteiger charge is -2.15. The molecule has 3 heteroatoms. The summed E-state index contributed by atoms with van der Waals surface area (Å²) in [6, 6.07) is 8.71. The first-order valence-corrected chi connectivity index (χ1v) is 8.94. The third-order valence-electron chi connectivity index (χ3n) is 1.93. The maximum Gasteiger partial charge on any atom is 0.119 e. The topological polar surface area (TPSA) is 9.23 Å². The van der Waals surface area contributed by atoms with Gasteiger partial charge in [-0.1, -0.05) is 31.2 Å². The lowest BCUT2D eigenvalue weighted by Crippen LogP contribution is -2.22. The molecule has 14 heavy (non-hydrogen) atoms. The van der Waals surface area contributed by atoms with Gasteiger partial charge < -0.3 is 4.74 Å². The molecule has 0 aliphatic rings. The van der Waals surface area contributed by atoms with Crippen molar-refractivity contribution >= 4 is 19.7 Å². The summed E-state index contributed by atoms with van der Waals surface area (Å²) in [5.74, 6) is 0.910. The van der Waals surface area contributed by atoms with Crippen LogP contribution in [0.25, 0.3) is 0 Å². The molecule has 0 aromatic heterocycles. The van der Waals surface area contributed by atoms with E-state index in [2.05, 4.69) is 19.6 Å². The summed E-state index contributed by atoms with van der Waals surface area (Å²) in [7, 11) is -0.973. The first-order valence-electron chi connectivity index (χ1n) is 4.86. The summed E-state index contributed by atoms with van der Waals surface area (Å²) in [6.45, 7) is 7.85. The minimum absolute atomic E-state index is 0.752. The summed E-state index contributed by atoms with van der Waals surface area (Å²) < 4.78 is 5.61. The molecule has 1 nitrogen and oxygen atoms in total. The molecule has 0 spiro atoms. The van der Waals surface area contributed by atoms with Crippen LogP contribution in [0.4, 0.5) is 0 Å². The van der Waals surface area contributed by atoms with Gasteiger partial charge in [-0.2, -0.15) is 0 Å². The van der Waals surface area contributed by atoms with Gasteiger partial charge in [-0.15, -0.1) is 0 Å². The molecular weight excluding hydrogens is 212 g/mol. The Bertz CT molecular complexity index is 276. The lowest BCUT2D eigenvalue weighted by atomic mass is 10.3. The van der Waals surface area contributed by atoms with Gasteiger partial charge in [0.1, 0.15) is 5.75 Å². The second-order valence-electron chi connectivity index (χ2n) is 4.61. The van der Waals surface area contributed by atoms with Crippen molar-refractivity contribution in [3.63, 3.8) is 0 Å². The van der Waals surface area contributed by atoms with Crippen molar-refractivity contribution in [1.29, 1.82) is 0 Å². The number of benzene rings is 1. The van der Waals surface area contributed by atoms with Crippen molar-refractivity contribution in [2.75, 3.05) is 6.61 Å². The van der Waals surface area contributed by atoms with Crippen LogP contribution in [-0.2, 0) is 0 Å². The van der Waals surface area contributed by atoms with Crippen LogP contribution in [0.3, 0.4) is 0 Å². The SMILES string of the molecule is C[Si](C)(C)CCOc1ccc(Cl)cc1. The molecule has 0 bridgehead atoms. The molecule has 0 aliphatic carbocycles. The lowest BCUT2D eigenvalue weighted by molar-refractivity contribution is 0.338. The van der Waals surface area contributed by atoms with E-state index < -0.39 is 8.07 Å². The Hall–Kier alpha value is -0.473. The smallest absolute Gasteiger partial charge is 0.119 e. The molecule has 1 aromatic carbocycles. The summed E-state index contributed by atoms with van der Waals surface area (Å²) in [4.78, 5) is 0. The van der Waals surface area contributed by atoms with E-state index >= 15 is 0 Å². The second kappa shape index (κ2) is 4.85. The van der Waals surface area contributed by atoms with E-state index in [1.54, 1.807) is 0 Å². The van der Waals surface area contributed by atoms with Crippen molar-refractivity contribution in [2.24, 2.45) is 0 Å². The summed E-state index contributed by atoms with van der Waals surface area (Å²) in [5.41, 5.74) is 0. The molecule has 0 radical (unpaired) electrons. The molecule has 1 rings (SSSR count). The third-order valence-corrected chi connectivity index (χ3v) is 3.89. The van der Waals surface area contributed by atoms with Gasteiger partial charge in [-0.25, -0.2) is 0 Å². The Morgan fingerprint density at radius 2 is 1.71 bits per heavy atom. The molecule has 78 valence electrons. The molecule has 0 atom stereocenters. The van der Waals surface area contributed by atoms with Gasteiger partial charge in [0, 0.05) is 13.1 Å². The predicted molar refractivity (Wildman–Crippen MR) is 65.1 cm³/mol. The van der Waals surface area contributed by atoms with E-state index in [0.29, 0.717) is 0 Å². The Morgan fingerprint density at radius 1 is 1.14 bits per heavy atom. The molecular formula is C11H17ClOSi. The highest BCUT2D eigenvalue weighted by atomic mass is 35.5. The molecule has 1 aromatic rings. The Labute approximate surface area is 92.1 Å². The fraction of sp³-hybridized carbons (Fsp3) is 0.455. The average molecular weight is 229 g/mol. The molecule has 0 saturated carbocycles. The number of hydrogen-bond donors (Lipinski definition) is 0. The molecule has 0 heterocycles. The maximum absolute atomic E-state index is 5.77. The zero-order valence-corrected chi connectivity index (χ0v) is 10.8. The quantitative estimate of drug-likeness (QED) is 0.707. The minimum Gasteiger partial charge on any atom is -0.494 e. The van der Waals surface area contributed by atoms with Crippen molar-refractivity contribution in [3.05, 3.63) is 29.3 Å². The average Bonchev–Trinajstić information content (AvgIpc) is 2.06. The van der Waals surface area contributed by atoms with Gasteiger partial charge >= 0.3 is 0 Å². The van der Waals surface area contributed by atoms with Gasteiger partial charge in [0.05, 0.1) is 6.61 Å². The zero-order chi connectivity index (χ0) is 10.6. The van der Waals surface area contributed by atoms with Crippen LogP contribution in [0.1, 0.15) is 0 Å². The molecule has 0 aliphatic heterocycles. The van der Waals surface area contributed by atoms with E-state index in [0.717, 1.165) is 17.4 Å². The Balaban J connectivity index is 2.35. The first kappa shape index (κ1) is 11.6. The molecule has 0 saturated heterocycles. The minimum atomic E-state index is -0.973. The Morgan fingerprint density at radius 3 is 2.21 bits per heavy atom. The van der Waals surface area contributed by atoms with Crippen LogP contribution >= 0.6 is 11.6 Å². The fourth-order valence-corrected chi connectivity index (χ4v) is 1.85. The van der Waals surface area contributed by atoms with Crippen molar-refractivity contribution in [2.45, 2.75) is 25.7 Å². The molecule has 0 unspecified atom stereocenters. The van der Waals surface area contributed by atoms with Gasteiger partial charge in [0.2, 0.25) is 0 Å². The highest BCUT2D eigenvalue weighted by Gasteiger charge is 2.12. The largest absolute Gasteiger partial charge is 0.494 e. The van der Waals surface area contributed by atoms with Crippen LogP contribution < -0.4 is 4.74 Å². The number of rotatable bonds is 4. The highest BCUT2D eigenvalue weighted by Crippen LogP contribution is 2.16. The standard InChI is InChI=1S/C11H17ClOSi/c1-14(2,3)9-8-13-11-6-4-10(12)5-7-11/h4-7H,8-9H2,1-3H3. The van der Waals surface area contributed by atoms with Crippen LogP contribution in [-0.4, -0.2) is 14.7 Å². The number of halogens is 1. The van der Waals surface area contributed by atoms with E-state index in [1.807, 2.05) is 24.3 Å². The summed E-state index contributed by atoms with van der Waals surface area (Å²) >= 11 is 5.77. The third kappa shape index (κ3) is 4.68. The van der Waals surface area contributed by atoms with Crippen LogP contribution in [0.5, 0.6) is 5.75 Å². The van der Waals surface area contributed by atoms with Gasteiger partial charge in [0.25, 0.3) is 0 Å². The second-order valence-corrected chi connectivity index (χ2v) is 10.7. The van der Waals surface area contributed by atoms with Crippen molar-refractivity contribution in [1.82, 2.24) is 0 Å². The first-order chi connectivity index (χ1) is 6.47. The van der Waals surface area contributed by atoms with Gasteiger partial charge in [-0.05, 0) is 30.3 Å². The van der Waals surface area contributed by atoms with Crippen molar-refractivity contribution < 1.29 is 4.74 Å². The summed E-state index contributed by atoms with van der Waals surface area (Å²) in [6.07, 6.45) is 0. The monoisotopic (exact) mass is 228 g/mol. The van der Waals surface area contributed by atoms with Gasteiger partial charge in [0.15, 0.2) is 0 Å². The van der Waals surface area contributed by atoms with E-state index in [1.165, 1.54) is 6.04 Å². The van der Waals surface area contributed by atoms with Crippen LogP contribution in [0.15, 0.2) is 24.3 Å². The van der Waals surface area contributed by atoms with Gasteiger partial charge in [-0.3, -0.25) is 0 Å². The molecule has 0 fully saturated rings. The maximum atomic E-state index is 5.77. The van der Waals surface area contributed by atoms with E-state index in [4.69, 9.17) is 16.3 Å². The molecule has 0 N–H and O–H groups in total. The normalized spacial score (nSPS) is 11.4. The molecule has 0 amide bonds.